The van der Waals surface area contributed by atoms with Crippen LogP contribution in [0.2, 0.25) is 10.0 Å². The number of benzene rings is 2. The van der Waals surface area contributed by atoms with Crippen molar-refractivity contribution < 1.29 is 0 Å². The van der Waals surface area contributed by atoms with Gasteiger partial charge in [0.25, 0.3) is 0 Å². The molecule has 2 rings (SSSR count). The average Bonchev–Trinajstić information content (AvgIpc) is 2.17. The molecule has 0 aliphatic carbocycles. The Morgan fingerprint density at radius 1 is 0.933 bits per heavy atom. The van der Waals surface area contributed by atoms with Gasteiger partial charge in [0.05, 0.1) is 0 Å². The van der Waals surface area contributed by atoms with Crippen LogP contribution >= 0.6 is 39.1 Å². The van der Waals surface area contributed by atoms with E-state index in [1.54, 1.807) is 6.07 Å². The van der Waals surface area contributed by atoms with Gasteiger partial charge in [0.2, 0.25) is 0 Å². The van der Waals surface area contributed by atoms with Gasteiger partial charge in [-0.15, -0.1) is 0 Å². The van der Waals surface area contributed by atoms with Gasteiger partial charge in [0.1, 0.15) is 0 Å². The fourth-order valence-electron chi connectivity index (χ4n) is 1.38. The van der Waals surface area contributed by atoms with E-state index in [0.717, 1.165) is 15.6 Å². The Morgan fingerprint density at radius 2 is 1.73 bits per heavy atom. The zero-order chi connectivity index (χ0) is 10.8. The van der Waals surface area contributed by atoms with Crippen LogP contribution in [0.15, 0.2) is 46.9 Å². The minimum atomic E-state index is 0.652. The molecular formula is C12H7BrCl2. The van der Waals surface area contributed by atoms with Crippen molar-refractivity contribution in [2.24, 2.45) is 0 Å². The topological polar surface area (TPSA) is 0 Å². The number of halogens is 3. The number of hydrogen-bond acceptors (Lipinski definition) is 0. The highest BCUT2D eigenvalue weighted by atomic mass is 79.9. The highest BCUT2D eigenvalue weighted by Gasteiger charge is 2.03. The Labute approximate surface area is 107 Å². The van der Waals surface area contributed by atoms with E-state index in [1.165, 1.54) is 0 Å². The lowest BCUT2D eigenvalue weighted by molar-refractivity contribution is 1.59. The molecule has 0 aliphatic heterocycles. The maximum atomic E-state index is 6.12. The van der Waals surface area contributed by atoms with E-state index in [2.05, 4.69) is 15.9 Å². The van der Waals surface area contributed by atoms with Gasteiger partial charge >= 0.3 is 0 Å². The lowest BCUT2D eigenvalue weighted by Crippen LogP contribution is -1.79. The summed E-state index contributed by atoms with van der Waals surface area (Å²) >= 11 is 15.4. The molecule has 0 heterocycles. The first-order valence-electron chi connectivity index (χ1n) is 4.38. The molecule has 0 aliphatic rings. The van der Waals surface area contributed by atoms with E-state index in [-0.39, 0.29) is 0 Å². The van der Waals surface area contributed by atoms with Crippen molar-refractivity contribution in [3.8, 4) is 11.1 Å². The molecule has 0 saturated carbocycles. The van der Waals surface area contributed by atoms with Gasteiger partial charge in [-0.3, -0.25) is 0 Å². The summed E-state index contributed by atoms with van der Waals surface area (Å²) in [4.78, 5) is 0. The third kappa shape index (κ3) is 2.54. The lowest BCUT2D eigenvalue weighted by Gasteiger charge is -2.05. The Balaban J connectivity index is 2.54. The Bertz CT molecular complexity index is 495. The highest BCUT2D eigenvalue weighted by molar-refractivity contribution is 9.10. The first kappa shape index (κ1) is 11.0. The van der Waals surface area contributed by atoms with Gasteiger partial charge in [0, 0.05) is 20.1 Å². The van der Waals surface area contributed by atoms with Crippen LogP contribution in [-0.2, 0) is 0 Å². The van der Waals surface area contributed by atoms with Crippen LogP contribution in [0.25, 0.3) is 11.1 Å². The summed E-state index contributed by atoms with van der Waals surface area (Å²) in [5.41, 5.74) is 2.06. The Kier molecular flexibility index (Phi) is 3.35. The molecular weight excluding hydrogens is 295 g/mol. The summed E-state index contributed by atoms with van der Waals surface area (Å²) in [5, 5.41) is 1.32. The van der Waals surface area contributed by atoms with Crippen molar-refractivity contribution in [1.29, 1.82) is 0 Å². The minimum Gasteiger partial charge on any atom is -0.0843 e. The summed E-state index contributed by atoms with van der Waals surface area (Å²) in [6.45, 7) is 0. The molecule has 0 atom stereocenters. The predicted molar refractivity (Wildman–Crippen MR) is 69.6 cm³/mol. The summed E-state index contributed by atoms with van der Waals surface area (Å²) in [5.74, 6) is 0. The molecule has 0 aromatic heterocycles. The van der Waals surface area contributed by atoms with Crippen molar-refractivity contribution in [2.45, 2.75) is 0 Å². The van der Waals surface area contributed by atoms with Crippen LogP contribution in [0.3, 0.4) is 0 Å². The van der Waals surface area contributed by atoms with Crippen molar-refractivity contribution in [2.75, 3.05) is 0 Å². The van der Waals surface area contributed by atoms with Gasteiger partial charge in [0.15, 0.2) is 0 Å². The van der Waals surface area contributed by atoms with Gasteiger partial charge in [-0.2, -0.15) is 0 Å². The molecule has 2 aromatic carbocycles. The molecule has 15 heavy (non-hydrogen) atoms. The van der Waals surface area contributed by atoms with Crippen LogP contribution in [0.1, 0.15) is 0 Å². The van der Waals surface area contributed by atoms with E-state index < -0.39 is 0 Å². The fraction of sp³-hybridized carbons (Fsp3) is 0. The molecule has 0 unspecified atom stereocenters. The minimum absolute atomic E-state index is 0.652. The normalized spacial score (nSPS) is 10.3. The molecule has 76 valence electrons. The van der Waals surface area contributed by atoms with Crippen molar-refractivity contribution in [1.82, 2.24) is 0 Å². The first-order valence-corrected chi connectivity index (χ1v) is 5.93. The third-order valence-corrected chi connectivity index (χ3v) is 3.11. The second-order valence-corrected chi connectivity index (χ2v) is 4.89. The average molecular weight is 302 g/mol. The van der Waals surface area contributed by atoms with Crippen LogP contribution in [-0.4, -0.2) is 0 Å². The van der Waals surface area contributed by atoms with Gasteiger partial charge in [-0.25, -0.2) is 0 Å². The molecule has 0 nitrogen and oxygen atoms in total. The molecule has 0 spiro atoms. The zero-order valence-electron chi connectivity index (χ0n) is 7.68. The molecule has 0 radical (unpaired) electrons. The second-order valence-electron chi connectivity index (χ2n) is 3.13. The van der Waals surface area contributed by atoms with Crippen LogP contribution in [0.5, 0.6) is 0 Å². The predicted octanol–water partition coefficient (Wildman–Crippen LogP) is 5.42. The van der Waals surface area contributed by atoms with E-state index >= 15 is 0 Å². The molecule has 0 bridgehead atoms. The van der Waals surface area contributed by atoms with Gasteiger partial charge in [-0.05, 0) is 29.8 Å². The third-order valence-electron chi connectivity index (χ3n) is 2.07. The largest absolute Gasteiger partial charge is 0.0843 e. The summed E-state index contributed by atoms with van der Waals surface area (Å²) in [7, 11) is 0. The highest BCUT2D eigenvalue weighted by Crippen LogP contribution is 2.31. The fourth-order valence-corrected chi connectivity index (χ4v) is 2.30. The van der Waals surface area contributed by atoms with E-state index in [4.69, 9.17) is 23.2 Å². The smallest absolute Gasteiger partial charge is 0.0499 e. The van der Waals surface area contributed by atoms with Crippen molar-refractivity contribution in [3.63, 3.8) is 0 Å². The molecule has 0 amide bonds. The monoisotopic (exact) mass is 300 g/mol. The van der Waals surface area contributed by atoms with Crippen LogP contribution < -0.4 is 0 Å². The quantitative estimate of drug-likeness (QED) is 0.659. The van der Waals surface area contributed by atoms with Gasteiger partial charge < -0.3 is 0 Å². The number of rotatable bonds is 1. The van der Waals surface area contributed by atoms with Crippen molar-refractivity contribution in [3.05, 3.63) is 57.0 Å². The molecule has 0 fully saturated rings. The van der Waals surface area contributed by atoms with E-state index in [0.29, 0.717) is 10.0 Å². The van der Waals surface area contributed by atoms with E-state index in [9.17, 15) is 0 Å². The maximum absolute atomic E-state index is 6.12. The van der Waals surface area contributed by atoms with Gasteiger partial charge in [-0.1, -0.05) is 57.3 Å². The summed E-state index contributed by atoms with van der Waals surface area (Å²) < 4.78 is 1.03. The zero-order valence-corrected chi connectivity index (χ0v) is 10.8. The number of hydrogen-bond donors (Lipinski definition) is 0. The van der Waals surface area contributed by atoms with Crippen molar-refractivity contribution >= 4 is 39.1 Å². The standard InChI is InChI=1S/C12H7BrCl2/c13-9-3-1-2-8(6-9)11-5-4-10(14)7-12(11)15/h1-7H. The van der Waals surface area contributed by atoms with Crippen LogP contribution in [0.4, 0.5) is 0 Å². The van der Waals surface area contributed by atoms with Crippen LogP contribution in [0, 0.1) is 0 Å². The SMILES string of the molecule is Clc1ccc(-c2cccc(Br)c2)c(Cl)c1. The van der Waals surface area contributed by atoms with E-state index in [1.807, 2.05) is 36.4 Å². The molecule has 2 aromatic rings. The second kappa shape index (κ2) is 4.56. The Morgan fingerprint density at radius 3 is 2.40 bits per heavy atom. The maximum Gasteiger partial charge on any atom is 0.0499 e. The molecule has 0 saturated heterocycles. The Hall–Kier alpha value is -0.500. The molecule has 3 heteroatoms. The molecule has 0 N–H and O–H groups in total. The summed E-state index contributed by atoms with van der Waals surface area (Å²) in [6.07, 6.45) is 0. The lowest BCUT2D eigenvalue weighted by atomic mass is 10.1. The summed E-state index contributed by atoms with van der Waals surface area (Å²) in [6, 6.07) is 13.5. The first-order chi connectivity index (χ1) is 7.16.